The van der Waals surface area contributed by atoms with Crippen LogP contribution >= 0.6 is 0 Å². The smallest absolute Gasteiger partial charge is 0.253 e. The zero-order chi connectivity index (χ0) is 14.7. The fourth-order valence-corrected chi connectivity index (χ4v) is 1.75. The second kappa shape index (κ2) is 5.65. The van der Waals surface area contributed by atoms with E-state index in [0.29, 0.717) is 22.7 Å². The van der Waals surface area contributed by atoms with E-state index < -0.39 is 0 Å². The monoisotopic (exact) mass is 270 g/mol. The van der Waals surface area contributed by atoms with Crippen LogP contribution in [-0.4, -0.2) is 24.9 Å². The second-order valence-corrected chi connectivity index (χ2v) is 4.87. The SMILES string of the molecule is Cc1ccc(Oc2cc(C(=O)N(C)C)ccc2N)cc1. The van der Waals surface area contributed by atoms with Gasteiger partial charge in [-0.05, 0) is 37.3 Å². The van der Waals surface area contributed by atoms with Crippen molar-refractivity contribution in [2.45, 2.75) is 6.92 Å². The van der Waals surface area contributed by atoms with Gasteiger partial charge in [-0.25, -0.2) is 0 Å². The number of carbonyl (C=O) groups excluding carboxylic acids is 1. The van der Waals surface area contributed by atoms with Gasteiger partial charge in [-0.15, -0.1) is 0 Å². The number of aryl methyl sites for hydroxylation is 1. The molecule has 2 rings (SSSR count). The van der Waals surface area contributed by atoms with Gasteiger partial charge in [0.05, 0.1) is 5.69 Å². The van der Waals surface area contributed by atoms with Crippen molar-refractivity contribution in [2.24, 2.45) is 0 Å². The van der Waals surface area contributed by atoms with E-state index >= 15 is 0 Å². The van der Waals surface area contributed by atoms with Crippen LogP contribution in [-0.2, 0) is 0 Å². The highest BCUT2D eigenvalue weighted by Gasteiger charge is 2.11. The zero-order valence-corrected chi connectivity index (χ0v) is 11.9. The predicted molar refractivity (Wildman–Crippen MR) is 80.1 cm³/mol. The lowest BCUT2D eigenvalue weighted by molar-refractivity contribution is 0.0827. The number of carbonyl (C=O) groups is 1. The first-order valence-corrected chi connectivity index (χ1v) is 6.33. The van der Waals surface area contributed by atoms with Crippen LogP contribution in [0.3, 0.4) is 0 Å². The van der Waals surface area contributed by atoms with Gasteiger partial charge in [0.15, 0.2) is 5.75 Å². The van der Waals surface area contributed by atoms with Crippen LogP contribution in [0.15, 0.2) is 42.5 Å². The Morgan fingerprint density at radius 3 is 2.35 bits per heavy atom. The van der Waals surface area contributed by atoms with Gasteiger partial charge < -0.3 is 15.4 Å². The lowest BCUT2D eigenvalue weighted by Gasteiger charge is -2.13. The summed E-state index contributed by atoms with van der Waals surface area (Å²) in [5.41, 5.74) is 8.10. The van der Waals surface area contributed by atoms with E-state index in [1.165, 1.54) is 4.90 Å². The second-order valence-electron chi connectivity index (χ2n) is 4.87. The Hall–Kier alpha value is -2.49. The minimum atomic E-state index is -0.0845. The number of nitrogens with zero attached hydrogens (tertiary/aromatic N) is 1. The normalized spacial score (nSPS) is 10.2. The van der Waals surface area contributed by atoms with E-state index in [9.17, 15) is 4.79 Å². The summed E-state index contributed by atoms with van der Waals surface area (Å²) in [5.74, 6) is 1.09. The summed E-state index contributed by atoms with van der Waals surface area (Å²) >= 11 is 0. The highest BCUT2D eigenvalue weighted by atomic mass is 16.5. The number of amides is 1. The topological polar surface area (TPSA) is 55.6 Å². The Labute approximate surface area is 118 Å². The van der Waals surface area contributed by atoms with Crippen LogP contribution < -0.4 is 10.5 Å². The molecule has 4 heteroatoms. The molecule has 2 aromatic carbocycles. The van der Waals surface area contributed by atoms with E-state index in [1.54, 1.807) is 32.3 Å². The average molecular weight is 270 g/mol. The Kier molecular flexibility index (Phi) is 3.94. The summed E-state index contributed by atoms with van der Waals surface area (Å²) < 4.78 is 5.74. The summed E-state index contributed by atoms with van der Waals surface area (Å²) in [6, 6.07) is 12.7. The van der Waals surface area contributed by atoms with Crippen molar-refractivity contribution in [1.29, 1.82) is 0 Å². The molecule has 0 aliphatic heterocycles. The lowest BCUT2D eigenvalue weighted by Crippen LogP contribution is -2.21. The van der Waals surface area contributed by atoms with Crippen molar-refractivity contribution in [3.63, 3.8) is 0 Å². The van der Waals surface area contributed by atoms with Gasteiger partial charge in [-0.2, -0.15) is 0 Å². The minimum absolute atomic E-state index is 0.0845. The number of rotatable bonds is 3. The maximum absolute atomic E-state index is 11.9. The molecule has 0 unspecified atom stereocenters. The fraction of sp³-hybridized carbons (Fsp3) is 0.188. The van der Waals surface area contributed by atoms with Crippen molar-refractivity contribution in [3.05, 3.63) is 53.6 Å². The number of ether oxygens (including phenoxy) is 1. The molecule has 0 atom stereocenters. The van der Waals surface area contributed by atoms with Gasteiger partial charge >= 0.3 is 0 Å². The number of nitrogen functional groups attached to an aromatic ring is 1. The standard InChI is InChI=1S/C16H18N2O2/c1-11-4-7-13(8-5-11)20-15-10-12(6-9-14(15)17)16(19)18(2)3/h4-10H,17H2,1-3H3. The van der Waals surface area contributed by atoms with Crippen molar-refractivity contribution >= 4 is 11.6 Å². The lowest BCUT2D eigenvalue weighted by atomic mass is 10.1. The first-order chi connectivity index (χ1) is 9.47. The quantitative estimate of drug-likeness (QED) is 0.872. The van der Waals surface area contributed by atoms with E-state index in [0.717, 1.165) is 5.56 Å². The number of hydrogen-bond donors (Lipinski definition) is 1. The number of hydrogen-bond acceptors (Lipinski definition) is 3. The first-order valence-electron chi connectivity index (χ1n) is 6.33. The highest BCUT2D eigenvalue weighted by molar-refractivity contribution is 5.94. The first kappa shape index (κ1) is 13.9. The van der Waals surface area contributed by atoms with Crippen LogP contribution in [0.25, 0.3) is 0 Å². The number of nitrogens with two attached hydrogens (primary N) is 1. The number of anilines is 1. The molecular formula is C16H18N2O2. The van der Waals surface area contributed by atoms with Gasteiger partial charge in [0.2, 0.25) is 0 Å². The van der Waals surface area contributed by atoms with E-state index in [4.69, 9.17) is 10.5 Å². The van der Waals surface area contributed by atoms with Crippen LogP contribution in [0, 0.1) is 6.92 Å². The molecule has 0 heterocycles. The van der Waals surface area contributed by atoms with Gasteiger partial charge in [-0.1, -0.05) is 17.7 Å². The molecule has 2 aromatic rings. The van der Waals surface area contributed by atoms with Crippen LogP contribution in [0.4, 0.5) is 5.69 Å². The summed E-state index contributed by atoms with van der Waals surface area (Å²) in [7, 11) is 3.42. The third-order valence-electron chi connectivity index (χ3n) is 2.92. The molecular weight excluding hydrogens is 252 g/mol. The summed E-state index contributed by atoms with van der Waals surface area (Å²) in [6.07, 6.45) is 0. The van der Waals surface area contributed by atoms with Crippen LogP contribution in [0.2, 0.25) is 0 Å². The molecule has 20 heavy (non-hydrogen) atoms. The minimum Gasteiger partial charge on any atom is -0.455 e. The van der Waals surface area contributed by atoms with E-state index in [1.807, 2.05) is 31.2 Å². The predicted octanol–water partition coefficient (Wildman–Crippen LogP) is 3.07. The Balaban J connectivity index is 2.29. The molecule has 0 saturated carbocycles. The molecule has 2 N–H and O–H groups in total. The van der Waals surface area contributed by atoms with Crippen molar-refractivity contribution in [3.8, 4) is 11.5 Å². The van der Waals surface area contributed by atoms with Gasteiger partial charge in [0, 0.05) is 19.7 Å². The maximum atomic E-state index is 11.9. The number of benzene rings is 2. The summed E-state index contributed by atoms with van der Waals surface area (Å²) in [6.45, 7) is 2.01. The molecule has 0 aromatic heterocycles. The van der Waals surface area contributed by atoms with E-state index in [2.05, 4.69) is 0 Å². The Bertz CT molecular complexity index is 619. The molecule has 0 aliphatic carbocycles. The molecule has 0 fully saturated rings. The van der Waals surface area contributed by atoms with E-state index in [-0.39, 0.29) is 5.91 Å². The van der Waals surface area contributed by atoms with Crippen LogP contribution in [0.5, 0.6) is 11.5 Å². The molecule has 0 saturated heterocycles. The molecule has 0 bridgehead atoms. The third kappa shape index (κ3) is 3.09. The maximum Gasteiger partial charge on any atom is 0.253 e. The van der Waals surface area contributed by atoms with Crippen LogP contribution in [0.1, 0.15) is 15.9 Å². The van der Waals surface area contributed by atoms with Gasteiger partial charge in [0.25, 0.3) is 5.91 Å². The molecule has 0 spiro atoms. The fourth-order valence-electron chi connectivity index (χ4n) is 1.75. The van der Waals surface area contributed by atoms with Gasteiger partial charge in [0.1, 0.15) is 5.75 Å². The molecule has 0 aliphatic rings. The Morgan fingerprint density at radius 2 is 1.75 bits per heavy atom. The molecule has 4 nitrogen and oxygen atoms in total. The molecule has 0 radical (unpaired) electrons. The van der Waals surface area contributed by atoms with Gasteiger partial charge in [-0.3, -0.25) is 4.79 Å². The zero-order valence-electron chi connectivity index (χ0n) is 11.9. The molecule has 1 amide bonds. The molecule has 104 valence electrons. The average Bonchev–Trinajstić information content (AvgIpc) is 2.43. The highest BCUT2D eigenvalue weighted by Crippen LogP contribution is 2.28. The Morgan fingerprint density at radius 1 is 1.10 bits per heavy atom. The largest absolute Gasteiger partial charge is 0.455 e. The van der Waals surface area contributed by atoms with Crippen molar-refractivity contribution in [2.75, 3.05) is 19.8 Å². The van der Waals surface area contributed by atoms with Crippen molar-refractivity contribution < 1.29 is 9.53 Å². The van der Waals surface area contributed by atoms with Crippen molar-refractivity contribution in [1.82, 2.24) is 4.90 Å². The summed E-state index contributed by atoms with van der Waals surface area (Å²) in [4.78, 5) is 13.4. The summed E-state index contributed by atoms with van der Waals surface area (Å²) in [5, 5.41) is 0. The third-order valence-corrected chi connectivity index (χ3v) is 2.92.